The highest BCUT2D eigenvalue weighted by atomic mass is 19.1. The number of halogens is 2. The number of hydrogen-bond acceptors (Lipinski definition) is 7. The molecule has 0 bridgehead atoms. The fraction of sp³-hybridized carbons (Fsp3) is 0.240. The maximum absolute atomic E-state index is 15.7. The molecule has 9 nitrogen and oxygen atoms in total. The van der Waals surface area contributed by atoms with Crippen LogP contribution in [0, 0.1) is 23.0 Å². The van der Waals surface area contributed by atoms with E-state index in [0.29, 0.717) is 42.8 Å². The van der Waals surface area contributed by atoms with Crippen molar-refractivity contribution in [2.75, 3.05) is 18.4 Å². The van der Waals surface area contributed by atoms with E-state index in [2.05, 4.69) is 20.3 Å². The summed E-state index contributed by atoms with van der Waals surface area (Å²) in [5.41, 5.74) is 1.23. The van der Waals surface area contributed by atoms with Crippen LogP contribution in [0.4, 0.5) is 14.6 Å². The average Bonchev–Trinajstić information content (AvgIpc) is 3.29. The first-order valence-corrected chi connectivity index (χ1v) is 11.3. The Balaban J connectivity index is 1.57. The van der Waals surface area contributed by atoms with Crippen LogP contribution in [0.2, 0.25) is 0 Å². The molecule has 3 aromatic heterocycles. The van der Waals surface area contributed by atoms with Crippen molar-refractivity contribution in [3.63, 3.8) is 0 Å². The van der Waals surface area contributed by atoms with E-state index in [0.717, 1.165) is 0 Å². The monoisotopic (exact) mass is 489 g/mol. The number of fused-ring (bicyclic) bond motifs is 1. The highest BCUT2D eigenvalue weighted by Gasteiger charge is 2.26. The number of carbonyl (C=O) groups excluding carboxylic acids is 1. The fourth-order valence-corrected chi connectivity index (χ4v) is 4.28. The molecule has 2 N–H and O–H groups in total. The fourth-order valence-electron chi connectivity index (χ4n) is 4.28. The number of likely N-dealkylation sites (tertiary alicyclic amines) is 1. The molecule has 0 aliphatic carbocycles. The summed E-state index contributed by atoms with van der Waals surface area (Å²) >= 11 is 0. The highest BCUT2D eigenvalue weighted by Crippen LogP contribution is 2.31. The number of phenolic OH excluding ortho intramolecular Hbond substituents is 1. The van der Waals surface area contributed by atoms with Crippen molar-refractivity contribution in [2.45, 2.75) is 25.3 Å². The zero-order valence-corrected chi connectivity index (χ0v) is 19.0. The molecule has 0 radical (unpaired) electrons. The molecule has 0 spiro atoms. The van der Waals surface area contributed by atoms with Gasteiger partial charge in [0.25, 0.3) is 0 Å². The van der Waals surface area contributed by atoms with Crippen LogP contribution in [-0.4, -0.2) is 54.4 Å². The molecule has 1 amide bonds. The van der Waals surface area contributed by atoms with Crippen molar-refractivity contribution < 1.29 is 18.7 Å². The van der Waals surface area contributed by atoms with E-state index in [1.54, 1.807) is 4.90 Å². The number of piperidine rings is 1. The average molecular weight is 489 g/mol. The zero-order chi connectivity index (χ0) is 25.2. The molecule has 182 valence electrons. The first-order chi connectivity index (χ1) is 17.4. The Morgan fingerprint density at radius 1 is 1.19 bits per heavy atom. The maximum Gasteiger partial charge on any atom is 0.236 e. The number of rotatable bonds is 5. The quantitative estimate of drug-likeness (QED) is 0.438. The molecular formula is C25H21F2N7O2. The summed E-state index contributed by atoms with van der Waals surface area (Å²) in [6.45, 7) is 0.830. The number of aromatic hydroxyl groups is 1. The minimum atomic E-state index is -0.704. The molecule has 1 aliphatic rings. The van der Waals surface area contributed by atoms with E-state index in [1.165, 1.54) is 53.2 Å². The summed E-state index contributed by atoms with van der Waals surface area (Å²) in [6, 6.07) is 10.3. The SMILES string of the molecule is N#CCC(=O)N1CCCC(Nc2nc(-c3cnc4ccc(F)cn34)nc(-c3ccc(O)cc3)c2F)C1. The lowest BCUT2D eigenvalue weighted by molar-refractivity contribution is -0.131. The Hall–Kier alpha value is -4.59. The van der Waals surface area contributed by atoms with Gasteiger partial charge in [-0.3, -0.25) is 9.20 Å². The second-order valence-corrected chi connectivity index (χ2v) is 8.48. The summed E-state index contributed by atoms with van der Waals surface area (Å²) in [4.78, 5) is 26.9. The number of aromatic nitrogens is 4. The first kappa shape index (κ1) is 23.2. The second kappa shape index (κ2) is 9.58. The minimum Gasteiger partial charge on any atom is -0.508 e. The number of imidazole rings is 1. The van der Waals surface area contributed by atoms with Gasteiger partial charge in [-0.15, -0.1) is 0 Å². The molecule has 1 fully saturated rings. The molecular weight excluding hydrogens is 468 g/mol. The van der Waals surface area contributed by atoms with Crippen LogP contribution in [0.3, 0.4) is 0 Å². The van der Waals surface area contributed by atoms with Gasteiger partial charge in [-0.2, -0.15) is 5.26 Å². The zero-order valence-electron chi connectivity index (χ0n) is 19.0. The predicted octanol–water partition coefficient (Wildman–Crippen LogP) is 3.76. The van der Waals surface area contributed by atoms with Crippen molar-refractivity contribution >= 4 is 17.4 Å². The number of nitrogens with one attached hydrogen (secondary N) is 1. The van der Waals surface area contributed by atoms with Crippen LogP contribution in [-0.2, 0) is 4.79 Å². The Bertz CT molecular complexity index is 1480. The van der Waals surface area contributed by atoms with Crippen LogP contribution >= 0.6 is 0 Å². The topological polar surface area (TPSA) is 119 Å². The predicted molar refractivity (Wildman–Crippen MR) is 127 cm³/mol. The van der Waals surface area contributed by atoms with Crippen molar-refractivity contribution in [1.29, 1.82) is 5.26 Å². The van der Waals surface area contributed by atoms with E-state index >= 15 is 4.39 Å². The van der Waals surface area contributed by atoms with Gasteiger partial charge in [0.05, 0.1) is 12.3 Å². The van der Waals surface area contributed by atoms with Crippen molar-refractivity contribution in [2.24, 2.45) is 0 Å². The number of carbonyl (C=O) groups is 1. The molecule has 1 unspecified atom stereocenters. The van der Waals surface area contributed by atoms with E-state index in [-0.39, 0.29) is 41.5 Å². The van der Waals surface area contributed by atoms with Gasteiger partial charge >= 0.3 is 0 Å². The van der Waals surface area contributed by atoms with Gasteiger partial charge in [0.1, 0.15) is 35.0 Å². The number of amides is 1. The molecule has 36 heavy (non-hydrogen) atoms. The standard InChI is InChI=1S/C25H21F2N7O2/c26-16-5-8-20-29-12-19(34(20)13-16)24-31-23(15-3-6-18(35)7-4-15)22(27)25(32-24)30-17-2-1-11-33(14-17)21(36)9-10-28/h3-8,12-13,17,35H,1-2,9,11,14H2,(H,30,31,32). The molecule has 1 atom stereocenters. The number of benzene rings is 1. The van der Waals surface area contributed by atoms with E-state index in [1.807, 2.05) is 6.07 Å². The van der Waals surface area contributed by atoms with Gasteiger partial charge in [-0.05, 0) is 49.2 Å². The largest absolute Gasteiger partial charge is 0.508 e. The molecule has 1 aliphatic heterocycles. The van der Waals surface area contributed by atoms with Gasteiger partial charge in [0, 0.05) is 30.9 Å². The van der Waals surface area contributed by atoms with Crippen molar-refractivity contribution in [1.82, 2.24) is 24.3 Å². The first-order valence-electron chi connectivity index (χ1n) is 11.3. The normalized spacial score (nSPS) is 15.6. The lowest BCUT2D eigenvalue weighted by atomic mass is 10.0. The second-order valence-electron chi connectivity index (χ2n) is 8.48. The van der Waals surface area contributed by atoms with Crippen molar-refractivity contribution in [3.05, 3.63) is 60.4 Å². The molecule has 4 aromatic rings. The summed E-state index contributed by atoms with van der Waals surface area (Å²) < 4.78 is 31.2. The third-order valence-corrected chi connectivity index (χ3v) is 6.04. The number of nitrogens with zero attached hydrogens (tertiary/aromatic N) is 6. The molecule has 0 saturated carbocycles. The summed E-state index contributed by atoms with van der Waals surface area (Å²) in [6.07, 6.45) is 3.87. The van der Waals surface area contributed by atoms with Gasteiger partial charge < -0.3 is 15.3 Å². The smallest absolute Gasteiger partial charge is 0.236 e. The Morgan fingerprint density at radius 3 is 2.78 bits per heavy atom. The number of pyridine rings is 1. The highest BCUT2D eigenvalue weighted by molar-refractivity contribution is 5.78. The number of phenols is 1. The molecule has 4 heterocycles. The third-order valence-electron chi connectivity index (χ3n) is 6.04. The Labute approximate surface area is 204 Å². The number of anilines is 1. The molecule has 1 saturated heterocycles. The van der Waals surface area contributed by atoms with Gasteiger partial charge in [-0.25, -0.2) is 23.7 Å². The van der Waals surface area contributed by atoms with Crippen LogP contribution in [0.15, 0.2) is 48.8 Å². The maximum atomic E-state index is 15.7. The summed E-state index contributed by atoms with van der Waals surface area (Å²) in [7, 11) is 0. The molecule has 5 rings (SSSR count). The minimum absolute atomic E-state index is 0.0120. The Morgan fingerprint density at radius 2 is 2.00 bits per heavy atom. The van der Waals surface area contributed by atoms with Gasteiger partial charge in [-0.1, -0.05) is 0 Å². The van der Waals surface area contributed by atoms with Gasteiger partial charge in [0.15, 0.2) is 17.5 Å². The van der Waals surface area contributed by atoms with E-state index in [4.69, 9.17) is 5.26 Å². The molecule has 11 heteroatoms. The third kappa shape index (κ3) is 4.53. The molecule has 1 aromatic carbocycles. The number of hydrogen-bond donors (Lipinski definition) is 2. The van der Waals surface area contributed by atoms with Crippen LogP contribution in [0.1, 0.15) is 19.3 Å². The van der Waals surface area contributed by atoms with E-state index in [9.17, 15) is 14.3 Å². The van der Waals surface area contributed by atoms with E-state index < -0.39 is 11.6 Å². The lowest BCUT2D eigenvalue weighted by Crippen LogP contribution is -2.45. The Kier molecular flexibility index (Phi) is 6.16. The lowest BCUT2D eigenvalue weighted by Gasteiger charge is -2.33. The van der Waals surface area contributed by atoms with Crippen molar-refractivity contribution in [3.8, 4) is 34.6 Å². The van der Waals surface area contributed by atoms with Crippen LogP contribution in [0.25, 0.3) is 28.4 Å². The summed E-state index contributed by atoms with van der Waals surface area (Å²) in [5, 5.41) is 21.6. The van der Waals surface area contributed by atoms with Crippen LogP contribution < -0.4 is 5.32 Å². The van der Waals surface area contributed by atoms with Gasteiger partial charge in [0.2, 0.25) is 5.91 Å². The van der Waals surface area contributed by atoms with Crippen LogP contribution in [0.5, 0.6) is 5.75 Å². The summed E-state index contributed by atoms with van der Waals surface area (Å²) in [5.74, 6) is -1.39. The number of nitriles is 1.